The third kappa shape index (κ3) is 4.58. The molecule has 0 amide bonds. The fourth-order valence-electron chi connectivity index (χ4n) is 3.81. The van der Waals surface area contributed by atoms with E-state index in [1.165, 1.54) is 26.4 Å². The van der Waals surface area contributed by atoms with Gasteiger partial charge in [0.15, 0.2) is 11.4 Å². The van der Waals surface area contributed by atoms with Crippen LogP contribution in [0.1, 0.15) is 30.5 Å². The van der Waals surface area contributed by atoms with Crippen molar-refractivity contribution in [3.63, 3.8) is 0 Å². The van der Waals surface area contributed by atoms with Crippen LogP contribution in [-0.2, 0) is 16.6 Å². The van der Waals surface area contributed by atoms with E-state index < -0.39 is 15.6 Å². The quantitative estimate of drug-likeness (QED) is 0.359. The molecular weight excluding hydrogens is 486 g/mol. The van der Waals surface area contributed by atoms with Crippen molar-refractivity contribution in [2.24, 2.45) is 0 Å². The minimum atomic E-state index is -4.14. The first-order valence-corrected chi connectivity index (χ1v) is 12.6. The first-order valence-electron chi connectivity index (χ1n) is 11.1. The van der Waals surface area contributed by atoms with E-state index >= 15 is 0 Å². The molecule has 0 atom stereocenters. The summed E-state index contributed by atoms with van der Waals surface area (Å²) in [7, 11) is -1.35. The Kier molecular flexibility index (Phi) is 6.03. The highest BCUT2D eigenvalue weighted by Gasteiger charge is 2.32. The zero-order valence-electron chi connectivity index (χ0n) is 19.6. The highest BCUT2D eigenvalue weighted by atomic mass is 32.2. The second-order valence-electron chi connectivity index (χ2n) is 8.34. The summed E-state index contributed by atoms with van der Waals surface area (Å²) < 4.78 is 46.8. The molecule has 1 fully saturated rings. The van der Waals surface area contributed by atoms with Gasteiger partial charge in [0.1, 0.15) is 21.6 Å². The highest BCUT2D eigenvalue weighted by Crippen LogP contribution is 2.34. The molecule has 1 aliphatic carbocycles. The second-order valence-corrected chi connectivity index (χ2v) is 9.99. The van der Waals surface area contributed by atoms with Gasteiger partial charge in [0.25, 0.3) is 10.0 Å². The Hall–Kier alpha value is -4.08. The third-order valence-electron chi connectivity index (χ3n) is 5.86. The van der Waals surface area contributed by atoms with E-state index in [-0.39, 0.29) is 27.7 Å². The molecule has 5 rings (SSSR count). The number of benzene rings is 1. The van der Waals surface area contributed by atoms with Gasteiger partial charge in [-0.1, -0.05) is 17.0 Å². The molecule has 0 unspecified atom stereocenters. The van der Waals surface area contributed by atoms with Gasteiger partial charge in [0.05, 0.1) is 26.5 Å². The van der Waals surface area contributed by atoms with E-state index in [0.717, 1.165) is 6.42 Å². The van der Waals surface area contributed by atoms with Crippen molar-refractivity contribution in [1.29, 1.82) is 0 Å². The number of anilines is 1. The molecule has 11 nitrogen and oxygen atoms in total. The molecule has 0 saturated heterocycles. The van der Waals surface area contributed by atoms with Crippen molar-refractivity contribution in [2.45, 2.75) is 36.3 Å². The monoisotopic (exact) mass is 509 g/mol. The van der Waals surface area contributed by atoms with Gasteiger partial charge >= 0.3 is 0 Å². The fraction of sp³-hybridized carbons (Fsp3) is 0.292. The summed E-state index contributed by atoms with van der Waals surface area (Å²) in [4.78, 5) is 4.33. The van der Waals surface area contributed by atoms with Crippen LogP contribution in [0.4, 0.5) is 5.82 Å². The predicted octanol–water partition coefficient (Wildman–Crippen LogP) is 2.55. The Morgan fingerprint density at radius 3 is 2.75 bits per heavy atom. The van der Waals surface area contributed by atoms with Crippen LogP contribution < -0.4 is 14.2 Å². The summed E-state index contributed by atoms with van der Waals surface area (Å²) >= 11 is 0. The normalized spacial score (nSPS) is 14.5. The second kappa shape index (κ2) is 9.18. The number of sulfonamides is 1. The average Bonchev–Trinajstić information content (AvgIpc) is 3.50. The van der Waals surface area contributed by atoms with Gasteiger partial charge in [-0.25, -0.2) is 13.4 Å². The number of aliphatic hydroxyl groups is 1. The number of nitrogens with one attached hydrogen (secondary N) is 1. The summed E-state index contributed by atoms with van der Waals surface area (Å²) in [6, 6.07) is 7.89. The van der Waals surface area contributed by atoms with Crippen molar-refractivity contribution in [3.8, 4) is 23.5 Å². The fourth-order valence-corrected chi connectivity index (χ4v) is 4.97. The molecule has 12 heteroatoms. The maximum absolute atomic E-state index is 13.3. The summed E-state index contributed by atoms with van der Waals surface area (Å²) in [6.07, 6.45) is 5.63. The van der Waals surface area contributed by atoms with E-state index in [1.54, 1.807) is 35.3 Å². The lowest BCUT2D eigenvalue weighted by Gasteiger charge is -2.30. The van der Waals surface area contributed by atoms with Crippen LogP contribution in [0.2, 0.25) is 0 Å². The summed E-state index contributed by atoms with van der Waals surface area (Å²) in [5, 5.41) is 18.5. The van der Waals surface area contributed by atoms with Crippen molar-refractivity contribution in [3.05, 3.63) is 54.0 Å². The zero-order chi connectivity index (χ0) is 25.3. The number of pyridine rings is 1. The van der Waals surface area contributed by atoms with E-state index in [9.17, 15) is 13.5 Å². The Balaban J connectivity index is 1.45. The first kappa shape index (κ1) is 23.7. The highest BCUT2D eigenvalue weighted by molar-refractivity contribution is 7.92. The van der Waals surface area contributed by atoms with Crippen LogP contribution in [0.3, 0.4) is 0 Å². The van der Waals surface area contributed by atoms with Crippen LogP contribution in [0.5, 0.6) is 11.6 Å². The van der Waals surface area contributed by atoms with Crippen LogP contribution in [0.15, 0.2) is 52.1 Å². The van der Waals surface area contributed by atoms with Crippen molar-refractivity contribution >= 4 is 26.8 Å². The van der Waals surface area contributed by atoms with E-state index in [2.05, 4.69) is 31.8 Å². The summed E-state index contributed by atoms with van der Waals surface area (Å²) in [5.74, 6) is 5.91. The number of methoxy groups -OCH3 is 2. The zero-order valence-corrected chi connectivity index (χ0v) is 20.4. The van der Waals surface area contributed by atoms with Gasteiger partial charge in [-0.05, 0) is 43.5 Å². The SMILES string of the molecule is COc1cc(C#CC2(O)CCC2)ccc1S(=O)(=O)Nc1noc2cc(Cn3cccn3)nc(OC)c12. The van der Waals surface area contributed by atoms with Crippen LogP contribution in [0.25, 0.3) is 11.0 Å². The smallest absolute Gasteiger partial charge is 0.266 e. The van der Waals surface area contributed by atoms with E-state index in [4.69, 9.17) is 14.0 Å². The standard InChI is InChI=1S/C24H23N5O6S/c1-33-18-13-16(7-10-24(30)8-3-9-24)5-6-20(18)36(31,32)28-22-21-19(35-27-22)14-17(26-23(21)34-2)15-29-12-4-11-25-29/h4-6,11-14,30H,3,8-9,15H2,1-2H3,(H,27,28). The molecule has 4 aromatic rings. The number of aromatic nitrogens is 4. The molecular formula is C24H23N5O6S. The lowest BCUT2D eigenvalue weighted by molar-refractivity contribution is 0.0240. The predicted molar refractivity (Wildman–Crippen MR) is 129 cm³/mol. The minimum Gasteiger partial charge on any atom is -0.495 e. The van der Waals surface area contributed by atoms with Gasteiger partial charge in [0, 0.05) is 24.0 Å². The van der Waals surface area contributed by atoms with Crippen LogP contribution in [0, 0.1) is 11.8 Å². The Bertz CT molecular complexity index is 1580. The van der Waals surface area contributed by atoms with E-state index in [0.29, 0.717) is 36.2 Å². The Morgan fingerprint density at radius 2 is 2.08 bits per heavy atom. The molecule has 0 bridgehead atoms. The number of rotatable bonds is 7. The largest absolute Gasteiger partial charge is 0.495 e. The maximum atomic E-state index is 13.3. The summed E-state index contributed by atoms with van der Waals surface area (Å²) in [5.41, 5.74) is 0.444. The topological polar surface area (TPSA) is 142 Å². The number of ether oxygens (including phenoxy) is 2. The lowest BCUT2D eigenvalue weighted by atomic mass is 9.81. The lowest BCUT2D eigenvalue weighted by Crippen LogP contribution is -2.34. The van der Waals surface area contributed by atoms with Gasteiger partial charge in [-0.3, -0.25) is 9.40 Å². The number of hydrogen-bond donors (Lipinski definition) is 2. The molecule has 36 heavy (non-hydrogen) atoms. The third-order valence-corrected chi connectivity index (χ3v) is 7.23. The van der Waals surface area contributed by atoms with E-state index in [1.807, 2.05) is 0 Å². The molecule has 0 spiro atoms. The molecule has 1 saturated carbocycles. The van der Waals surface area contributed by atoms with Gasteiger partial charge in [-0.15, -0.1) is 0 Å². The maximum Gasteiger partial charge on any atom is 0.266 e. The Morgan fingerprint density at radius 1 is 1.25 bits per heavy atom. The van der Waals surface area contributed by atoms with Crippen molar-refractivity contribution in [2.75, 3.05) is 18.9 Å². The number of nitrogens with zero attached hydrogens (tertiary/aromatic N) is 4. The van der Waals surface area contributed by atoms with Crippen LogP contribution >= 0.6 is 0 Å². The molecule has 0 radical (unpaired) electrons. The summed E-state index contributed by atoms with van der Waals surface area (Å²) in [6.45, 7) is 0.366. The molecule has 186 valence electrons. The minimum absolute atomic E-state index is 0.0712. The van der Waals surface area contributed by atoms with Crippen LogP contribution in [-0.4, -0.2) is 53.3 Å². The van der Waals surface area contributed by atoms with Gasteiger partial charge < -0.3 is 19.1 Å². The average molecular weight is 510 g/mol. The van der Waals surface area contributed by atoms with Gasteiger partial charge in [0.2, 0.25) is 5.88 Å². The molecule has 3 heterocycles. The Labute approximate surface area is 207 Å². The molecule has 2 N–H and O–H groups in total. The number of hydrogen-bond acceptors (Lipinski definition) is 9. The molecule has 1 aromatic carbocycles. The van der Waals surface area contributed by atoms with Crippen molar-refractivity contribution < 1.29 is 27.5 Å². The molecule has 1 aliphatic rings. The molecule has 3 aromatic heterocycles. The molecule has 0 aliphatic heterocycles. The number of fused-ring (bicyclic) bond motifs is 1. The van der Waals surface area contributed by atoms with Gasteiger partial charge in [-0.2, -0.15) is 5.10 Å². The van der Waals surface area contributed by atoms with Crippen molar-refractivity contribution in [1.82, 2.24) is 19.9 Å². The first-order chi connectivity index (χ1) is 17.3.